The molecule has 112 valence electrons. The molecule has 4 nitrogen and oxygen atoms in total. The summed E-state index contributed by atoms with van der Waals surface area (Å²) in [6.07, 6.45) is 1.51. The lowest BCUT2D eigenvalue weighted by Crippen LogP contribution is -2.16. The molecule has 0 saturated heterocycles. The van der Waals surface area contributed by atoms with E-state index in [1.54, 1.807) is 0 Å². The molecule has 0 saturated carbocycles. The van der Waals surface area contributed by atoms with Gasteiger partial charge in [-0.15, -0.1) is 0 Å². The third-order valence-electron chi connectivity index (χ3n) is 4.09. The third-order valence-corrected chi connectivity index (χ3v) is 4.53. The minimum Gasteiger partial charge on any atom is -0.372 e. The van der Waals surface area contributed by atoms with Crippen molar-refractivity contribution < 1.29 is 4.74 Å². The fourth-order valence-electron chi connectivity index (χ4n) is 2.79. The minimum atomic E-state index is -0.0893. The Kier molecular flexibility index (Phi) is 4.02. The fraction of sp³-hybridized carbons (Fsp3) is 0.438. The molecule has 2 heterocycles. The highest BCUT2D eigenvalue weighted by molar-refractivity contribution is 6.31. The van der Waals surface area contributed by atoms with Gasteiger partial charge in [0.2, 0.25) is 0 Å². The molecule has 0 radical (unpaired) electrons. The Morgan fingerprint density at radius 2 is 2.14 bits per heavy atom. The molecule has 1 aromatic heterocycles. The van der Waals surface area contributed by atoms with Crippen LogP contribution in [0.5, 0.6) is 0 Å². The number of aromatic nitrogens is 2. The molecule has 2 N–H and O–H groups in total. The Labute approximate surface area is 129 Å². The van der Waals surface area contributed by atoms with Gasteiger partial charge in [0.15, 0.2) is 0 Å². The standard InChI is InChI=1S/C16H20ClN3O/c1-3-14-16(17)15(20(2)19-14)7-13(18)10-4-5-11-8-21-9-12(11)6-10/h4-6,13H,3,7-9,18H2,1-2H3. The SMILES string of the molecule is CCc1nn(C)c(CC(N)c2ccc3c(c2)COC3)c1Cl. The van der Waals surface area contributed by atoms with Crippen molar-refractivity contribution in [1.82, 2.24) is 9.78 Å². The van der Waals surface area contributed by atoms with Crippen LogP contribution in [-0.4, -0.2) is 9.78 Å². The number of fused-ring (bicyclic) bond motifs is 1. The van der Waals surface area contributed by atoms with Crippen LogP contribution in [0.25, 0.3) is 0 Å². The highest BCUT2D eigenvalue weighted by atomic mass is 35.5. The van der Waals surface area contributed by atoms with Crippen molar-refractivity contribution in [2.45, 2.75) is 39.0 Å². The maximum atomic E-state index is 6.40. The van der Waals surface area contributed by atoms with E-state index in [1.165, 1.54) is 11.1 Å². The van der Waals surface area contributed by atoms with Gasteiger partial charge in [0.1, 0.15) is 0 Å². The quantitative estimate of drug-likeness (QED) is 0.945. The Hall–Kier alpha value is -1.36. The number of nitrogens with zero attached hydrogens (tertiary/aromatic N) is 2. The first-order valence-electron chi connectivity index (χ1n) is 7.25. The third kappa shape index (κ3) is 2.71. The van der Waals surface area contributed by atoms with E-state index >= 15 is 0 Å². The molecule has 1 aliphatic heterocycles. The monoisotopic (exact) mass is 305 g/mol. The number of hydrogen-bond donors (Lipinski definition) is 1. The molecule has 1 unspecified atom stereocenters. The summed E-state index contributed by atoms with van der Waals surface area (Å²) in [7, 11) is 1.92. The predicted molar refractivity (Wildman–Crippen MR) is 83.2 cm³/mol. The molecule has 3 rings (SSSR count). The molecule has 0 fully saturated rings. The zero-order valence-corrected chi connectivity index (χ0v) is 13.2. The van der Waals surface area contributed by atoms with Crippen molar-refractivity contribution in [2.24, 2.45) is 12.8 Å². The van der Waals surface area contributed by atoms with Gasteiger partial charge in [-0.25, -0.2) is 0 Å². The zero-order valence-electron chi connectivity index (χ0n) is 12.4. The van der Waals surface area contributed by atoms with Gasteiger partial charge in [-0.05, 0) is 23.1 Å². The summed E-state index contributed by atoms with van der Waals surface area (Å²) in [4.78, 5) is 0. The van der Waals surface area contributed by atoms with Crippen LogP contribution in [-0.2, 0) is 37.8 Å². The number of aryl methyl sites for hydroxylation is 2. The van der Waals surface area contributed by atoms with Crippen LogP contribution in [0.1, 0.15) is 41.0 Å². The van der Waals surface area contributed by atoms with Crippen LogP contribution in [0.4, 0.5) is 0 Å². The number of halogens is 1. The molecule has 0 bridgehead atoms. The summed E-state index contributed by atoms with van der Waals surface area (Å²) in [5.74, 6) is 0. The smallest absolute Gasteiger partial charge is 0.0850 e. The first-order chi connectivity index (χ1) is 10.1. The number of rotatable bonds is 4. The summed E-state index contributed by atoms with van der Waals surface area (Å²) in [5.41, 5.74) is 11.9. The number of benzene rings is 1. The van der Waals surface area contributed by atoms with Gasteiger partial charge < -0.3 is 10.5 Å². The maximum absolute atomic E-state index is 6.40. The lowest BCUT2D eigenvalue weighted by Gasteiger charge is -2.14. The lowest BCUT2D eigenvalue weighted by molar-refractivity contribution is 0.134. The summed E-state index contributed by atoms with van der Waals surface area (Å²) in [5, 5.41) is 5.19. The number of nitrogens with two attached hydrogens (primary N) is 1. The second-order valence-electron chi connectivity index (χ2n) is 5.52. The average Bonchev–Trinajstić information content (AvgIpc) is 3.05. The summed E-state index contributed by atoms with van der Waals surface area (Å²) >= 11 is 6.40. The molecule has 0 spiro atoms. The van der Waals surface area contributed by atoms with E-state index in [9.17, 15) is 0 Å². The second kappa shape index (κ2) is 5.79. The molecule has 1 atom stereocenters. The second-order valence-corrected chi connectivity index (χ2v) is 5.89. The summed E-state index contributed by atoms with van der Waals surface area (Å²) in [6, 6.07) is 6.26. The number of hydrogen-bond acceptors (Lipinski definition) is 3. The van der Waals surface area contributed by atoms with E-state index < -0.39 is 0 Å². The first kappa shape index (κ1) is 14.6. The Morgan fingerprint density at radius 3 is 2.86 bits per heavy atom. The minimum absolute atomic E-state index is 0.0893. The highest BCUT2D eigenvalue weighted by Gasteiger charge is 2.19. The van der Waals surface area contributed by atoms with Crippen molar-refractivity contribution in [3.05, 3.63) is 51.3 Å². The van der Waals surface area contributed by atoms with Crippen LogP contribution in [0, 0.1) is 0 Å². The Morgan fingerprint density at radius 1 is 1.38 bits per heavy atom. The summed E-state index contributed by atoms with van der Waals surface area (Å²) in [6.45, 7) is 3.44. The van der Waals surface area contributed by atoms with Crippen LogP contribution in [0.3, 0.4) is 0 Å². The predicted octanol–water partition coefficient (Wildman–Crippen LogP) is 2.91. The van der Waals surface area contributed by atoms with Gasteiger partial charge in [0, 0.05) is 19.5 Å². The average molecular weight is 306 g/mol. The van der Waals surface area contributed by atoms with Gasteiger partial charge in [0.05, 0.1) is 29.6 Å². The van der Waals surface area contributed by atoms with Crippen LogP contribution < -0.4 is 5.73 Å². The number of ether oxygens (including phenoxy) is 1. The molecule has 2 aromatic rings. The Bertz CT molecular complexity index is 666. The molecule has 1 aliphatic rings. The maximum Gasteiger partial charge on any atom is 0.0850 e. The van der Waals surface area contributed by atoms with Crippen molar-refractivity contribution in [3.8, 4) is 0 Å². The van der Waals surface area contributed by atoms with E-state index in [0.717, 1.165) is 28.4 Å². The zero-order chi connectivity index (χ0) is 15.0. The first-order valence-corrected chi connectivity index (χ1v) is 7.63. The lowest BCUT2D eigenvalue weighted by atomic mass is 9.98. The molecular weight excluding hydrogens is 286 g/mol. The molecule has 1 aromatic carbocycles. The molecule has 21 heavy (non-hydrogen) atoms. The van der Waals surface area contributed by atoms with E-state index in [4.69, 9.17) is 22.1 Å². The van der Waals surface area contributed by atoms with Crippen molar-refractivity contribution in [1.29, 1.82) is 0 Å². The molecule has 0 amide bonds. The van der Waals surface area contributed by atoms with Gasteiger partial charge >= 0.3 is 0 Å². The Balaban J connectivity index is 1.83. The van der Waals surface area contributed by atoms with E-state index in [1.807, 2.05) is 11.7 Å². The normalized spacial score (nSPS) is 15.2. The van der Waals surface area contributed by atoms with E-state index in [-0.39, 0.29) is 6.04 Å². The van der Waals surface area contributed by atoms with Crippen molar-refractivity contribution >= 4 is 11.6 Å². The van der Waals surface area contributed by atoms with E-state index in [2.05, 4.69) is 30.2 Å². The van der Waals surface area contributed by atoms with Gasteiger partial charge in [-0.1, -0.05) is 36.7 Å². The van der Waals surface area contributed by atoms with Crippen molar-refractivity contribution in [3.63, 3.8) is 0 Å². The van der Waals surface area contributed by atoms with Gasteiger partial charge in [0.25, 0.3) is 0 Å². The topological polar surface area (TPSA) is 53.1 Å². The van der Waals surface area contributed by atoms with Crippen LogP contribution in [0.15, 0.2) is 18.2 Å². The summed E-state index contributed by atoms with van der Waals surface area (Å²) < 4.78 is 7.29. The van der Waals surface area contributed by atoms with Gasteiger partial charge in [-0.2, -0.15) is 5.10 Å². The molecular formula is C16H20ClN3O. The fourth-order valence-corrected chi connectivity index (χ4v) is 3.16. The van der Waals surface area contributed by atoms with Crippen molar-refractivity contribution in [2.75, 3.05) is 0 Å². The molecule has 0 aliphatic carbocycles. The van der Waals surface area contributed by atoms with Gasteiger partial charge in [-0.3, -0.25) is 4.68 Å². The largest absolute Gasteiger partial charge is 0.372 e. The highest BCUT2D eigenvalue weighted by Crippen LogP contribution is 2.28. The van der Waals surface area contributed by atoms with Crippen LogP contribution >= 0.6 is 11.6 Å². The van der Waals surface area contributed by atoms with E-state index in [0.29, 0.717) is 19.6 Å². The molecule has 5 heteroatoms. The van der Waals surface area contributed by atoms with Crippen LogP contribution in [0.2, 0.25) is 5.02 Å².